The number of likely N-dealkylation sites (N-methyl/N-ethyl adjacent to an activating group) is 1. The van der Waals surface area contributed by atoms with E-state index in [0.717, 1.165) is 44.9 Å². The highest BCUT2D eigenvalue weighted by atomic mass is 16.5. The lowest BCUT2D eigenvalue weighted by Gasteiger charge is -2.72. The Morgan fingerprint density at radius 3 is 2.18 bits per heavy atom. The van der Waals surface area contributed by atoms with Gasteiger partial charge in [0, 0.05) is 5.41 Å². The largest absolute Gasteiger partial charge is 0.481 e. The topological polar surface area (TPSA) is 66.8 Å². The zero-order chi connectivity index (χ0) is 28.8. The normalized spacial score (nSPS) is 48.3. The molecule has 0 bridgehead atoms. The maximum atomic E-state index is 12.9. The molecule has 1 N–H and O–H groups in total. The van der Waals surface area contributed by atoms with Crippen LogP contribution in [-0.4, -0.2) is 48.7 Å². The smallest absolute Gasteiger partial charge is 0.320 e. The molecule has 5 aliphatic rings. The summed E-state index contributed by atoms with van der Waals surface area (Å²) >= 11 is 0. The summed E-state index contributed by atoms with van der Waals surface area (Å²) in [5.41, 5.74) is 1.12. The Morgan fingerprint density at radius 1 is 0.872 bits per heavy atom. The fraction of sp³-hybridized carbons (Fsp3) is 0.882. The number of fused-ring (bicyclic) bond motifs is 7. The average Bonchev–Trinajstić information content (AvgIpc) is 3.22. The van der Waals surface area contributed by atoms with Crippen LogP contribution in [0.15, 0.2) is 12.2 Å². The molecule has 5 aliphatic carbocycles. The molecule has 0 amide bonds. The monoisotopic (exact) mass is 541 g/mol. The second kappa shape index (κ2) is 9.33. The number of rotatable bonds is 5. The molecular formula is C34H55NO4. The molecule has 5 rings (SSSR count). The van der Waals surface area contributed by atoms with Crippen LogP contribution in [0.5, 0.6) is 0 Å². The van der Waals surface area contributed by atoms with E-state index in [9.17, 15) is 14.7 Å². The van der Waals surface area contributed by atoms with Gasteiger partial charge < -0.3 is 9.84 Å². The van der Waals surface area contributed by atoms with Crippen LogP contribution in [0.25, 0.3) is 0 Å². The number of nitrogens with zero attached hydrogens (tertiary/aromatic N) is 1. The highest BCUT2D eigenvalue weighted by Gasteiger charge is 2.72. The SMILES string of the molecule is C=C(C)C1CC[C@]2(C(=O)O)CC[C@]3(C)C(CCC4[C@@]5(C)CC[C@H](OC(=O)CN(C)C)C(C)(C)C5CC[C@]43C)C12. The Hall–Kier alpha value is -1.36. The summed E-state index contributed by atoms with van der Waals surface area (Å²) < 4.78 is 6.15. The molecule has 0 heterocycles. The quantitative estimate of drug-likeness (QED) is 0.294. The summed E-state index contributed by atoms with van der Waals surface area (Å²) in [4.78, 5) is 27.4. The summed E-state index contributed by atoms with van der Waals surface area (Å²) in [6.45, 7) is 19.3. The fourth-order valence-electron chi connectivity index (χ4n) is 12.2. The van der Waals surface area contributed by atoms with E-state index in [1.807, 2.05) is 19.0 Å². The second-order valence-electron chi connectivity index (χ2n) is 16.2. The van der Waals surface area contributed by atoms with Crippen LogP contribution in [0.2, 0.25) is 0 Å². The van der Waals surface area contributed by atoms with E-state index in [1.54, 1.807) is 0 Å². The van der Waals surface area contributed by atoms with Crippen molar-refractivity contribution in [3.63, 3.8) is 0 Å². The van der Waals surface area contributed by atoms with Crippen molar-refractivity contribution < 1.29 is 19.4 Å². The maximum absolute atomic E-state index is 12.9. The van der Waals surface area contributed by atoms with Crippen LogP contribution in [0, 0.1) is 56.7 Å². The Balaban J connectivity index is 1.46. The summed E-state index contributed by atoms with van der Waals surface area (Å²) in [6.07, 6.45) is 10.4. The first kappa shape index (κ1) is 29.1. The highest BCUT2D eigenvalue weighted by Crippen LogP contribution is 2.77. The van der Waals surface area contributed by atoms with Crippen molar-refractivity contribution >= 4 is 11.9 Å². The highest BCUT2D eigenvalue weighted by molar-refractivity contribution is 5.76. The van der Waals surface area contributed by atoms with Gasteiger partial charge in [0.1, 0.15) is 6.10 Å². The molecule has 5 nitrogen and oxygen atoms in total. The molecule has 39 heavy (non-hydrogen) atoms. The van der Waals surface area contributed by atoms with Gasteiger partial charge in [-0.15, -0.1) is 0 Å². The molecule has 0 spiro atoms. The minimum Gasteiger partial charge on any atom is -0.481 e. The lowest BCUT2D eigenvalue weighted by molar-refractivity contribution is -0.250. The molecule has 5 heteroatoms. The molecule has 220 valence electrons. The standard InChI is InChI=1S/C34H55NO4/c1-21(2)22-12-17-34(29(37)38)19-18-32(6)23(28(22)34)10-11-25-31(5)15-14-26(39-27(36)20-35(8)9)30(3,4)24(31)13-16-33(25,32)7/h22-26,28H,1,10-20H2,2-9H3,(H,37,38)/t22?,23?,24?,25?,26-,28?,31-,32+,33+,34-/m0/s1. The molecule has 5 saturated carbocycles. The average molecular weight is 542 g/mol. The molecule has 0 aromatic heterocycles. The molecular weight excluding hydrogens is 486 g/mol. The molecule has 0 aromatic carbocycles. The van der Waals surface area contributed by atoms with Gasteiger partial charge >= 0.3 is 11.9 Å². The number of carbonyl (C=O) groups excluding carboxylic acids is 1. The molecule has 0 aromatic rings. The number of carbonyl (C=O) groups is 2. The number of hydrogen-bond acceptors (Lipinski definition) is 4. The first-order valence-electron chi connectivity index (χ1n) is 15.8. The Bertz CT molecular complexity index is 1030. The Labute approximate surface area is 237 Å². The minimum absolute atomic E-state index is 0.0278. The predicted octanol–water partition coefficient (Wildman–Crippen LogP) is 7.20. The molecule has 5 fully saturated rings. The number of allylic oxidation sites excluding steroid dienone is 1. The van der Waals surface area contributed by atoms with Gasteiger partial charge in [0.2, 0.25) is 0 Å². The lowest BCUT2D eigenvalue weighted by atomic mass is 9.32. The molecule has 0 radical (unpaired) electrons. The van der Waals surface area contributed by atoms with E-state index in [1.165, 1.54) is 24.8 Å². The number of ether oxygens (including phenoxy) is 1. The van der Waals surface area contributed by atoms with Gasteiger partial charge in [0.05, 0.1) is 12.0 Å². The summed E-state index contributed by atoms with van der Waals surface area (Å²) in [7, 11) is 3.83. The van der Waals surface area contributed by atoms with Crippen LogP contribution < -0.4 is 0 Å². The minimum atomic E-state index is -0.561. The van der Waals surface area contributed by atoms with Gasteiger partial charge in [-0.2, -0.15) is 0 Å². The van der Waals surface area contributed by atoms with E-state index in [0.29, 0.717) is 30.2 Å². The number of hydrogen-bond donors (Lipinski definition) is 1. The predicted molar refractivity (Wildman–Crippen MR) is 155 cm³/mol. The van der Waals surface area contributed by atoms with Crippen LogP contribution in [-0.2, 0) is 14.3 Å². The van der Waals surface area contributed by atoms with Crippen molar-refractivity contribution in [1.82, 2.24) is 4.90 Å². The van der Waals surface area contributed by atoms with Gasteiger partial charge in [0.25, 0.3) is 0 Å². The van der Waals surface area contributed by atoms with Gasteiger partial charge in [-0.25, -0.2) is 0 Å². The van der Waals surface area contributed by atoms with Gasteiger partial charge in [-0.05, 0) is 131 Å². The van der Waals surface area contributed by atoms with E-state index in [4.69, 9.17) is 4.74 Å². The first-order valence-corrected chi connectivity index (χ1v) is 15.8. The zero-order valence-corrected chi connectivity index (χ0v) is 26.1. The third-order valence-electron chi connectivity index (χ3n) is 14.2. The van der Waals surface area contributed by atoms with Gasteiger partial charge in [-0.1, -0.05) is 46.8 Å². The maximum Gasteiger partial charge on any atom is 0.320 e. The van der Waals surface area contributed by atoms with E-state index >= 15 is 0 Å². The van der Waals surface area contributed by atoms with Crippen molar-refractivity contribution in [2.45, 2.75) is 112 Å². The van der Waals surface area contributed by atoms with E-state index in [-0.39, 0.29) is 39.7 Å². The number of carboxylic acid groups (broad SMARTS) is 1. The van der Waals surface area contributed by atoms with Gasteiger partial charge in [0.15, 0.2) is 0 Å². The molecule has 0 saturated heterocycles. The molecule has 5 unspecified atom stereocenters. The van der Waals surface area contributed by atoms with Crippen LogP contribution in [0.3, 0.4) is 0 Å². The van der Waals surface area contributed by atoms with Crippen molar-refractivity contribution in [3.05, 3.63) is 12.2 Å². The fourth-order valence-corrected chi connectivity index (χ4v) is 12.2. The van der Waals surface area contributed by atoms with E-state index in [2.05, 4.69) is 48.1 Å². The van der Waals surface area contributed by atoms with E-state index < -0.39 is 11.4 Å². The Kier molecular flexibility index (Phi) is 6.97. The number of carboxylic acids is 1. The van der Waals surface area contributed by atoms with Crippen molar-refractivity contribution in [3.8, 4) is 0 Å². The third kappa shape index (κ3) is 3.94. The lowest BCUT2D eigenvalue weighted by Crippen LogP contribution is -2.67. The van der Waals surface area contributed by atoms with Gasteiger partial charge in [-0.3, -0.25) is 14.5 Å². The van der Waals surface area contributed by atoms with Crippen LogP contribution >= 0.6 is 0 Å². The number of esters is 1. The summed E-state index contributed by atoms with van der Waals surface area (Å²) in [6, 6.07) is 0. The molecule has 10 atom stereocenters. The summed E-state index contributed by atoms with van der Waals surface area (Å²) in [5.74, 6) is 1.48. The first-order chi connectivity index (χ1) is 18.0. The Morgan fingerprint density at radius 2 is 1.56 bits per heavy atom. The van der Waals surface area contributed by atoms with Crippen molar-refractivity contribution in [2.24, 2.45) is 56.7 Å². The third-order valence-corrected chi connectivity index (χ3v) is 14.2. The zero-order valence-electron chi connectivity index (χ0n) is 26.1. The molecule has 0 aliphatic heterocycles. The van der Waals surface area contributed by atoms with Crippen molar-refractivity contribution in [1.29, 1.82) is 0 Å². The van der Waals surface area contributed by atoms with Crippen molar-refractivity contribution in [2.75, 3.05) is 20.6 Å². The second-order valence-corrected chi connectivity index (χ2v) is 16.2. The van der Waals surface area contributed by atoms with Crippen LogP contribution in [0.1, 0.15) is 106 Å². The number of aliphatic carboxylic acids is 1. The van der Waals surface area contributed by atoms with Crippen LogP contribution in [0.4, 0.5) is 0 Å². The summed E-state index contributed by atoms with van der Waals surface area (Å²) in [5, 5.41) is 10.6.